The first-order valence-electron chi connectivity index (χ1n) is 9.22. The third kappa shape index (κ3) is 4.73. The maximum Gasteiger partial charge on any atom is 0.333 e. The Labute approximate surface area is 174 Å². The van der Waals surface area contributed by atoms with Crippen LogP contribution in [0.3, 0.4) is 0 Å². The Bertz CT molecular complexity index is 966. The molecule has 10 heteroatoms. The van der Waals surface area contributed by atoms with E-state index in [9.17, 15) is 36.3 Å². The number of hydrogen-bond acceptors (Lipinski definition) is 3. The number of amides is 4. The van der Waals surface area contributed by atoms with Crippen molar-refractivity contribution in [1.82, 2.24) is 9.80 Å². The topological polar surface area (TPSA) is 57.7 Å². The smallest absolute Gasteiger partial charge is 0.274 e. The molecule has 0 aromatic heterocycles. The fraction of sp³-hybridized carbons (Fsp3) is 0.286. The van der Waals surface area contributed by atoms with Gasteiger partial charge in [-0.15, -0.1) is 0 Å². The number of nitrogens with zero attached hydrogens (tertiary/aromatic N) is 2. The summed E-state index contributed by atoms with van der Waals surface area (Å²) in [5.74, 6) is -5.16. The number of benzene rings is 2. The Balaban J connectivity index is 1.76. The number of urea groups is 1. The fourth-order valence-electron chi connectivity index (χ4n) is 3.08. The highest BCUT2D eigenvalue weighted by atomic mass is 19.2. The van der Waals surface area contributed by atoms with Gasteiger partial charge in [0.25, 0.3) is 0 Å². The molecule has 0 saturated carbocycles. The Hall–Kier alpha value is -3.30. The molecule has 2 aromatic rings. The Kier molecular flexibility index (Phi) is 6.37. The number of rotatable bonds is 6. The zero-order valence-electron chi connectivity index (χ0n) is 16.2. The second kappa shape index (κ2) is 8.83. The summed E-state index contributed by atoms with van der Waals surface area (Å²) in [6.45, 7) is -0.192. The summed E-state index contributed by atoms with van der Waals surface area (Å²) in [4.78, 5) is 37.7. The van der Waals surface area contributed by atoms with Crippen LogP contribution >= 0.6 is 0 Å². The summed E-state index contributed by atoms with van der Waals surface area (Å²) >= 11 is 0. The first-order chi connectivity index (χ1) is 14.6. The van der Waals surface area contributed by atoms with Crippen LogP contribution in [-0.4, -0.2) is 40.7 Å². The molecule has 5 nitrogen and oxygen atoms in total. The van der Waals surface area contributed by atoms with Crippen LogP contribution < -0.4 is 0 Å². The second-order valence-electron chi connectivity index (χ2n) is 7.09. The van der Waals surface area contributed by atoms with Crippen molar-refractivity contribution in [3.63, 3.8) is 0 Å². The molecule has 1 heterocycles. The lowest BCUT2D eigenvalue weighted by molar-refractivity contribution is -0.143. The van der Waals surface area contributed by atoms with Crippen molar-refractivity contribution >= 4 is 17.8 Å². The quantitative estimate of drug-likeness (QED) is 0.497. The van der Waals surface area contributed by atoms with Gasteiger partial charge < -0.3 is 0 Å². The molecular formula is C21H17F5N2O3. The first kappa shape index (κ1) is 22.4. The van der Waals surface area contributed by atoms with E-state index in [4.69, 9.17) is 0 Å². The van der Waals surface area contributed by atoms with Crippen molar-refractivity contribution in [1.29, 1.82) is 0 Å². The van der Waals surface area contributed by atoms with E-state index in [2.05, 4.69) is 0 Å². The van der Waals surface area contributed by atoms with Crippen LogP contribution in [0.4, 0.5) is 26.7 Å². The third-order valence-corrected chi connectivity index (χ3v) is 4.92. The summed E-state index contributed by atoms with van der Waals surface area (Å²) in [5.41, 5.74) is -0.150. The number of carbonyl (C=O) groups excluding carboxylic acids is 3. The molecule has 3 rings (SSSR count). The number of alkyl halides is 2. The number of halogens is 5. The molecule has 31 heavy (non-hydrogen) atoms. The third-order valence-electron chi connectivity index (χ3n) is 4.92. The van der Waals surface area contributed by atoms with Crippen molar-refractivity contribution in [3.8, 4) is 0 Å². The molecule has 0 N–H and O–H groups in total. The van der Waals surface area contributed by atoms with E-state index in [1.165, 1.54) is 19.1 Å². The molecule has 0 spiro atoms. The van der Waals surface area contributed by atoms with Crippen molar-refractivity contribution in [2.24, 2.45) is 0 Å². The molecule has 0 radical (unpaired) electrons. The van der Waals surface area contributed by atoms with E-state index < -0.39 is 67.2 Å². The minimum atomic E-state index is -2.06. The summed E-state index contributed by atoms with van der Waals surface area (Å²) in [6.07, 6.45) is -4.80. The normalized spacial score (nSPS) is 16.6. The van der Waals surface area contributed by atoms with Crippen molar-refractivity contribution in [2.45, 2.75) is 25.7 Å². The Morgan fingerprint density at radius 2 is 1.26 bits per heavy atom. The average Bonchev–Trinajstić information content (AvgIpc) is 2.72. The minimum absolute atomic E-state index is 0.114. The lowest BCUT2D eigenvalue weighted by Gasteiger charge is -2.34. The number of imide groups is 2. The average molecular weight is 440 g/mol. The second-order valence-corrected chi connectivity index (χ2v) is 7.09. The molecule has 1 saturated heterocycles. The lowest BCUT2D eigenvalue weighted by atomic mass is 10.1. The summed E-state index contributed by atoms with van der Waals surface area (Å²) < 4.78 is 69.2. The maximum absolute atomic E-state index is 14.6. The highest BCUT2D eigenvalue weighted by molar-refractivity contribution is 6.14. The summed E-state index contributed by atoms with van der Waals surface area (Å²) in [7, 11) is 0. The number of barbiturate groups is 1. The zero-order valence-corrected chi connectivity index (χ0v) is 16.2. The van der Waals surface area contributed by atoms with Gasteiger partial charge in [0.05, 0.1) is 13.1 Å². The van der Waals surface area contributed by atoms with Crippen molar-refractivity contribution in [3.05, 3.63) is 70.5 Å². The summed E-state index contributed by atoms with van der Waals surface area (Å²) in [5, 5.41) is 0. The van der Waals surface area contributed by atoms with Crippen LogP contribution in [0.25, 0.3) is 0 Å². The largest absolute Gasteiger partial charge is 0.333 e. The first-order valence-corrected chi connectivity index (χ1v) is 9.22. The van der Waals surface area contributed by atoms with E-state index in [1.807, 2.05) is 0 Å². The van der Waals surface area contributed by atoms with Crippen molar-refractivity contribution < 1.29 is 36.3 Å². The molecule has 0 unspecified atom stereocenters. The monoisotopic (exact) mass is 440 g/mol. The van der Waals surface area contributed by atoms with Gasteiger partial charge >= 0.3 is 6.03 Å². The lowest BCUT2D eigenvalue weighted by Crippen LogP contribution is -2.56. The molecule has 4 amide bonds. The van der Waals surface area contributed by atoms with Gasteiger partial charge in [0.2, 0.25) is 11.8 Å². The van der Waals surface area contributed by atoms with E-state index in [0.29, 0.717) is 21.9 Å². The van der Waals surface area contributed by atoms with Gasteiger partial charge in [-0.2, -0.15) is 0 Å². The number of carbonyl (C=O) groups is 3. The molecule has 1 fully saturated rings. The molecule has 164 valence electrons. The van der Waals surface area contributed by atoms with Crippen LogP contribution in [0.5, 0.6) is 0 Å². The molecule has 1 aliphatic heterocycles. The van der Waals surface area contributed by atoms with Crippen LogP contribution in [0, 0.1) is 24.4 Å². The zero-order chi connectivity index (χ0) is 22.9. The molecule has 2 aromatic carbocycles. The predicted octanol–water partition coefficient (Wildman–Crippen LogP) is 4.31. The molecule has 0 bridgehead atoms. The maximum atomic E-state index is 14.6. The van der Waals surface area contributed by atoms with Crippen LogP contribution in [-0.2, 0) is 9.59 Å². The standard InChI is InChI=1S/C21H17F5N2O3/c1-11-2-3-12(6-15(11)23)17(25)9-27-19(29)8-20(30)28(21(27)31)10-18(26)13-4-5-14(22)16(24)7-13/h2-7,17-18H,8-10H2,1H3/t17-,18-/m0/s1. The Morgan fingerprint density at radius 3 is 1.74 bits per heavy atom. The van der Waals surface area contributed by atoms with E-state index in [1.54, 1.807) is 0 Å². The number of aryl methyl sites for hydroxylation is 1. The summed E-state index contributed by atoms with van der Waals surface area (Å²) in [6, 6.07) is 4.55. The molecule has 0 aliphatic carbocycles. The minimum Gasteiger partial charge on any atom is -0.274 e. The van der Waals surface area contributed by atoms with Crippen LogP contribution in [0.1, 0.15) is 35.5 Å². The van der Waals surface area contributed by atoms with Gasteiger partial charge in [-0.1, -0.05) is 18.2 Å². The van der Waals surface area contributed by atoms with Gasteiger partial charge in [-0.25, -0.2) is 26.7 Å². The number of hydrogen-bond donors (Lipinski definition) is 0. The molecular weight excluding hydrogens is 423 g/mol. The predicted molar refractivity (Wildman–Crippen MR) is 98.6 cm³/mol. The van der Waals surface area contributed by atoms with Gasteiger partial charge in [0.15, 0.2) is 11.6 Å². The van der Waals surface area contributed by atoms with Gasteiger partial charge in [-0.3, -0.25) is 19.4 Å². The highest BCUT2D eigenvalue weighted by Gasteiger charge is 2.40. The van der Waals surface area contributed by atoms with Crippen molar-refractivity contribution in [2.75, 3.05) is 13.1 Å². The van der Waals surface area contributed by atoms with E-state index in [0.717, 1.165) is 12.1 Å². The SMILES string of the molecule is Cc1ccc([C@@H](F)CN2C(=O)CC(=O)N(C[C@H](F)c3ccc(F)c(F)c3)C2=O)cc1F. The fourth-order valence-corrected chi connectivity index (χ4v) is 3.08. The molecule has 2 atom stereocenters. The van der Waals surface area contributed by atoms with E-state index >= 15 is 0 Å². The van der Waals surface area contributed by atoms with Crippen LogP contribution in [0.15, 0.2) is 36.4 Å². The van der Waals surface area contributed by atoms with Gasteiger partial charge in [0, 0.05) is 0 Å². The van der Waals surface area contributed by atoms with E-state index in [-0.39, 0.29) is 16.7 Å². The Morgan fingerprint density at radius 1 is 0.774 bits per heavy atom. The van der Waals surface area contributed by atoms with Gasteiger partial charge in [0.1, 0.15) is 24.6 Å². The highest BCUT2D eigenvalue weighted by Crippen LogP contribution is 2.26. The van der Waals surface area contributed by atoms with Gasteiger partial charge in [-0.05, 0) is 41.8 Å². The molecule has 1 aliphatic rings. The van der Waals surface area contributed by atoms with Crippen LogP contribution in [0.2, 0.25) is 0 Å².